The van der Waals surface area contributed by atoms with Crippen LogP contribution < -0.4 is 10.1 Å². The van der Waals surface area contributed by atoms with Crippen LogP contribution in [0.3, 0.4) is 0 Å². The van der Waals surface area contributed by atoms with Gasteiger partial charge in [-0.15, -0.1) is 0 Å². The fourth-order valence-corrected chi connectivity index (χ4v) is 2.64. The first-order chi connectivity index (χ1) is 7.88. The molecule has 1 fully saturated rings. The van der Waals surface area contributed by atoms with Crippen molar-refractivity contribution in [1.82, 2.24) is 4.90 Å². The van der Waals surface area contributed by atoms with E-state index in [4.69, 9.17) is 4.74 Å². The maximum atomic E-state index is 5.26. The first-order valence-corrected chi connectivity index (χ1v) is 6.04. The third kappa shape index (κ3) is 1.55. The Hall–Kier alpha value is -1.22. The normalized spacial score (nSPS) is 24.2. The van der Waals surface area contributed by atoms with Gasteiger partial charge in [0.2, 0.25) is 0 Å². The molecule has 3 heteroatoms. The molecule has 1 unspecified atom stereocenters. The molecule has 3 nitrogen and oxygen atoms in total. The van der Waals surface area contributed by atoms with Crippen LogP contribution in [0.25, 0.3) is 0 Å². The number of ether oxygens (including phenoxy) is 1. The van der Waals surface area contributed by atoms with Crippen molar-refractivity contribution in [2.24, 2.45) is 0 Å². The van der Waals surface area contributed by atoms with Gasteiger partial charge in [-0.05, 0) is 37.6 Å². The third-order valence-corrected chi connectivity index (χ3v) is 3.68. The number of anilines is 1. The highest BCUT2D eigenvalue weighted by Crippen LogP contribution is 2.37. The molecule has 0 bridgehead atoms. The Morgan fingerprint density at radius 2 is 2.25 bits per heavy atom. The smallest absolute Gasteiger partial charge is 0.120 e. The molecule has 1 aromatic carbocycles. The Labute approximate surface area is 96.4 Å². The van der Waals surface area contributed by atoms with Crippen molar-refractivity contribution in [3.05, 3.63) is 23.8 Å². The largest absolute Gasteiger partial charge is 0.497 e. The lowest BCUT2D eigenvalue weighted by atomic mass is 9.94. The second-order valence-electron chi connectivity index (χ2n) is 4.57. The lowest BCUT2D eigenvalue weighted by Crippen LogP contribution is -2.42. The number of nitrogens with zero attached hydrogens (tertiary/aromatic N) is 1. The van der Waals surface area contributed by atoms with Crippen LogP contribution in [0.1, 0.15) is 24.4 Å². The third-order valence-electron chi connectivity index (χ3n) is 3.68. The molecular weight excluding hydrogens is 200 g/mol. The molecule has 3 rings (SSSR count). The monoisotopic (exact) mass is 218 g/mol. The molecule has 0 saturated carbocycles. The minimum Gasteiger partial charge on any atom is -0.497 e. The maximum absolute atomic E-state index is 5.26. The molecule has 1 atom stereocenters. The SMILES string of the molecule is COc1ccc2c(c1)NCCC2N1CCC1. The maximum Gasteiger partial charge on any atom is 0.120 e. The average Bonchev–Trinajstić information content (AvgIpc) is 2.26. The van der Waals surface area contributed by atoms with E-state index in [1.54, 1.807) is 7.11 Å². The quantitative estimate of drug-likeness (QED) is 0.824. The Bertz CT molecular complexity index is 388. The van der Waals surface area contributed by atoms with E-state index in [0.717, 1.165) is 12.3 Å². The van der Waals surface area contributed by atoms with Gasteiger partial charge in [0.05, 0.1) is 7.11 Å². The summed E-state index contributed by atoms with van der Waals surface area (Å²) in [7, 11) is 1.72. The van der Waals surface area contributed by atoms with E-state index < -0.39 is 0 Å². The Balaban J connectivity index is 1.92. The summed E-state index contributed by atoms with van der Waals surface area (Å²) in [5, 5.41) is 3.46. The number of hydrogen-bond donors (Lipinski definition) is 1. The van der Waals surface area contributed by atoms with Gasteiger partial charge in [-0.2, -0.15) is 0 Å². The highest BCUT2D eigenvalue weighted by atomic mass is 16.5. The van der Waals surface area contributed by atoms with E-state index in [9.17, 15) is 0 Å². The number of methoxy groups -OCH3 is 1. The standard InChI is InChI=1S/C13H18N2O/c1-16-10-3-4-11-12(9-10)14-6-5-13(11)15-7-2-8-15/h3-4,9,13-14H,2,5-8H2,1H3. The predicted molar refractivity (Wildman–Crippen MR) is 65.0 cm³/mol. The van der Waals surface area contributed by atoms with Gasteiger partial charge < -0.3 is 10.1 Å². The summed E-state index contributed by atoms with van der Waals surface area (Å²) in [6, 6.07) is 7.01. The van der Waals surface area contributed by atoms with Crippen molar-refractivity contribution >= 4 is 5.69 Å². The van der Waals surface area contributed by atoms with E-state index in [1.165, 1.54) is 37.2 Å². The summed E-state index contributed by atoms with van der Waals surface area (Å²) in [4.78, 5) is 2.58. The van der Waals surface area contributed by atoms with Crippen molar-refractivity contribution in [2.75, 3.05) is 32.1 Å². The number of fused-ring (bicyclic) bond motifs is 1. The minimum atomic E-state index is 0.621. The number of hydrogen-bond acceptors (Lipinski definition) is 3. The van der Waals surface area contributed by atoms with Crippen LogP contribution >= 0.6 is 0 Å². The van der Waals surface area contributed by atoms with Crippen LogP contribution in [0.5, 0.6) is 5.75 Å². The Morgan fingerprint density at radius 3 is 2.94 bits per heavy atom. The Kier molecular flexibility index (Phi) is 2.48. The van der Waals surface area contributed by atoms with E-state index >= 15 is 0 Å². The lowest BCUT2D eigenvalue weighted by Gasteiger charge is -2.41. The molecule has 2 heterocycles. The highest BCUT2D eigenvalue weighted by Gasteiger charge is 2.29. The predicted octanol–water partition coefficient (Wildman–Crippen LogP) is 2.26. The van der Waals surface area contributed by atoms with Gasteiger partial charge in [0.15, 0.2) is 0 Å². The molecule has 16 heavy (non-hydrogen) atoms. The summed E-state index contributed by atoms with van der Waals surface area (Å²) < 4.78 is 5.26. The van der Waals surface area contributed by atoms with E-state index in [0.29, 0.717) is 6.04 Å². The zero-order chi connectivity index (χ0) is 11.0. The summed E-state index contributed by atoms with van der Waals surface area (Å²) in [5.74, 6) is 0.940. The van der Waals surface area contributed by atoms with Gasteiger partial charge in [-0.3, -0.25) is 4.90 Å². The fraction of sp³-hybridized carbons (Fsp3) is 0.538. The molecule has 0 aliphatic carbocycles. The molecule has 1 aromatic rings. The number of likely N-dealkylation sites (tertiary alicyclic amines) is 1. The van der Waals surface area contributed by atoms with Crippen LogP contribution in [0, 0.1) is 0 Å². The van der Waals surface area contributed by atoms with E-state index in [2.05, 4.69) is 28.4 Å². The van der Waals surface area contributed by atoms with Crippen molar-refractivity contribution < 1.29 is 4.74 Å². The van der Waals surface area contributed by atoms with Crippen molar-refractivity contribution in [2.45, 2.75) is 18.9 Å². The van der Waals surface area contributed by atoms with Crippen molar-refractivity contribution in [3.8, 4) is 5.75 Å². The summed E-state index contributed by atoms with van der Waals surface area (Å²) in [6.07, 6.45) is 2.58. The van der Waals surface area contributed by atoms with E-state index in [-0.39, 0.29) is 0 Å². The zero-order valence-electron chi connectivity index (χ0n) is 9.70. The van der Waals surface area contributed by atoms with Gasteiger partial charge in [0.1, 0.15) is 5.75 Å². The minimum absolute atomic E-state index is 0.621. The van der Waals surface area contributed by atoms with Crippen LogP contribution in [-0.2, 0) is 0 Å². The molecular formula is C13H18N2O. The van der Waals surface area contributed by atoms with Gasteiger partial charge in [0.25, 0.3) is 0 Å². The number of nitrogens with one attached hydrogen (secondary N) is 1. The molecule has 0 radical (unpaired) electrons. The first kappa shape index (κ1) is 9.97. The van der Waals surface area contributed by atoms with Gasteiger partial charge in [-0.25, -0.2) is 0 Å². The van der Waals surface area contributed by atoms with Crippen molar-refractivity contribution in [1.29, 1.82) is 0 Å². The topological polar surface area (TPSA) is 24.5 Å². The molecule has 1 saturated heterocycles. The fourth-order valence-electron chi connectivity index (χ4n) is 2.64. The first-order valence-electron chi connectivity index (χ1n) is 6.04. The molecule has 0 amide bonds. The molecule has 2 aliphatic rings. The second-order valence-corrected chi connectivity index (χ2v) is 4.57. The number of benzene rings is 1. The summed E-state index contributed by atoms with van der Waals surface area (Å²) >= 11 is 0. The van der Waals surface area contributed by atoms with E-state index in [1.807, 2.05) is 0 Å². The van der Waals surface area contributed by atoms with Crippen LogP contribution in [-0.4, -0.2) is 31.6 Å². The summed E-state index contributed by atoms with van der Waals surface area (Å²) in [6.45, 7) is 3.59. The Morgan fingerprint density at radius 1 is 1.38 bits per heavy atom. The molecule has 1 N–H and O–H groups in total. The van der Waals surface area contributed by atoms with Crippen LogP contribution in [0.15, 0.2) is 18.2 Å². The second kappa shape index (κ2) is 3.98. The van der Waals surface area contributed by atoms with Gasteiger partial charge >= 0.3 is 0 Å². The lowest BCUT2D eigenvalue weighted by molar-refractivity contribution is 0.112. The van der Waals surface area contributed by atoms with Crippen LogP contribution in [0.4, 0.5) is 5.69 Å². The molecule has 0 spiro atoms. The van der Waals surface area contributed by atoms with Crippen molar-refractivity contribution in [3.63, 3.8) is 0 Å². The molecule has 2 aliphatic heterocycles. The van der Waals surface area contributed by atoms with Gasteiger partial charge in [0, 0.05) is 24.3 Å². The zero-order valence-corrected chi connectivity index (χ0v) is 9.70. The molecule has 0 aromatic heterocycles. The van der Waals surface area contributed by atoms with Gasteiger partial charge in [-0.1, -0.05) is 6.07 Å². The molecule has 86 valence electrons. The van der Waals surface area contributed by atoms with Crippen LogP contribution in [0.2, 0.25) is 0 Å². The summed E-state index contributed by atoms with van der Waals surface area (Å²) in [5.41, 5.74) is 2.69. The highest BCUT2D eigenvalue weighted by molar-refractivity contribution is 5.58. The average molecular weight is 218 g/mol. The number of rotatable bonds is 2.